The highest BCUT2D eigenvalue weighted by Crippen LogP contribution is 2.54. The van der Waals surface area contributed by atoms with Gasteiger partial charge in [0.25, 0.3) is 0 Å². The summed E-state index contributed by atoms with van der Waals surface area (Å²) in [6.07, 6.45) is -1.07. The maximum atomic E-state index is 12.5. The van der Waals surface area contributed by atoms with Crippen LogP contribution in [0.5, 0.6) is 0 Å². The highest BCUT2D eigenvalue weighted by Gasteiger charge is 2.51. The van der Waals surface area contributed by atoms with E-state index in [1.54, 1.807) is 0 Å². The van der Waals surface area contributed by atoms with Crippen LogP contribution in [0, 0.1) is 29.6 Å². The van der Waals surface area contributed by atoms with Crippen LogP contribution in [0.4, 0.5) is 13.2 Å². The normalized spacial score (nSPS) is 41.2. The van der Waals surface area contributed by atoms with Crippen molar-refractivity contribution in [2.75, 3.05) is 0 Å². The van der Waals surface area contributed by atoms with Crippen molar-refractivity contribution < 1.29 is 13.2 Å². The van der Waals surface area contributed by atoms with E-state index in [0.717, 1.165) is 12.8 Å². The number of rotatable bonds is 1. The highest BCUT2D eigenvalue weighted by atomic mass is 19.4. The summed E-state index contributed by atoms with van der Waals surface area (Å²) in [4.78, 5) is 0. The Morgan fingerprint density at radius 3 is 1.73 bits per heavy atom. The van der Waals surface area contributed by atoms with Crippen LogP contribution in [-0.4, -0.2) is 6.18 Å². The van der Waals surface area contributed by atoms with Crippen LogP contribution >= 0.6 is 0 Å². The number of hydrogen-bond donors (Lipinski definition) is 0. The first-order valence-corrected chi connectivity index (χ1v) is 5.94. The first-order valence-electron chi connectivity index (χ1n) is 5.94. The molecule has 0 saturated heterocycles. The molecular weight excluding hydrogens is 201 g/mol. The van der Waals surface area contributed by atoms with Crippen molar-refractivity contribution in [1.29, 1.82) is 0 Å². The second kappa shape index (κ2) is 3.67. The van der Waals surface area contributed by atoms with Crippen LogP contribution in [0.25, 0.3) is 0 Å². The summed E-state index contributed by atoms with van der Waals surface area (Å²) in [6.45, 7) is 4.37. The molecule has 0 spiro atoms. The number of fused-ring (bicyclic) bond motifs is 1. The number of halogens is 3. The fraction of sp³-hybridized carbons (Fsp3) is 1.00. The van der Waals surface area contributed by atoms with E-state index in [-0.39, 0.29) is 0 Å². The Morgan fingerprint density at radius 1 is 0.933 bits per heavy atom. The molecular formula is C12H19F3. The Hall–Kier alpha value is -0.210. The predicted molar refractivity (Wildman–Crippen MR) is 53.3 cm³/mol. The Bertz CT molecular complexity index is 218. The zero-order chi connectivity index (χ0) is 11.2. The molecule has 3 heteroatoms. The summed E-state index contributed by atoms with van der Waals surface area (Å²) in [7, 11) is 0. The quantitative estimate of drug-likeness (QED) is 0.619. The van der Waals surface area contributed by atoms with Gasteiger partial charge in [0.1, 0.15) is 0 Å². The van der Waals surface area contributed by atoms with Gasteiger partial charge in [-0.25, -0.2) is 0 Å². The summed E-state index contributed by atoms with van der Waals surface area (Å²) >= 11 is 0. The molecule has 0 N–H and O–H groups in total. The predicted octanol–water partition coefficient (Wildman–Crippen LogP) is 4.26. The van der Waals surface area contributed by atoms with Gasteiger partial charge in [-0.1, -0.05) is 13.8 Å². The maximum Gasteiger partial charge on any atom is 0.391 e. The van der Waals surface area contributed by atoms with Crippen molar-refractivity contribution in [2.45, 2.75) is 45.7 Å². The molecule has 15 heavy (non-hydrogen) atoms. The molecule has 0 heterocycles. The summed E-state index contributed by atoms with van der Waals surface area (Å²) < 4.78 is 37.6. The van der Waals surface area contributed by atoms with Gasteiger partial charge in [-0.2, -0.15) is 13.2 Å². The van der Waals surface area contributed by atoms with E-state index in [4.69, 9.17) is 0 Å². The average molecular weight is 220 g/mol. The largest absolute Gasteiger partial charge is 0.391 e. The molecule has 2 atom stereocenters. The molecule has 0 aromatic heterocycles. The van der Waals surface area contributed by atoms with Gasteiger partial charge in [-0.3, -0.25) is 0 Å². The molecule has 2 unspecified atom stereocenters. The van der Waals surface area contributed by atoms with E-state index in [1.807, 2.05) is 0 Å². The molecule has 88 valence electrons. The van der Waals surface area contributed by atoms with Crippen LogP contribution in [-0.2, 0) is 0 Å². The van der Waals surface area contributed by atoms with Crippen molar-refractivity contribution in [3.8, 4) is 0 Å². The molecule has 2 saturated carbocycles. The molecule has 2 fully saturated rings. The molecule has 0 aliphatic heterocycles. The number of hydrogen-bond acceptors (Lipinski definition) is 0. The Balaban J connectivity index is 1.94. The van der Waals surface area contributed by atoms with Crippen LogP contribution in [0.1, 0.15) is 39.5 Å². The minimum atomic E-state index is -3.95. The summed E-state index contributed by atoms with van der Waals surface area (Å²) in [6, 6.07) is 0. The van der Waals surface area contributed by atoms with Crippen molar-refractivity contribution >= 4 is 0 Å². The van der Waals surface area contributed by atoms with Gasteiger partial charge in [0.15, 0.2) is 0 Å². The van der Waals surface area contributed by atoms with Gasteiger partial charge in [0.05, 0.1) is 5.92 Å². The Kier molecular flexibility index (Phi) is 2.76. The minimum absolute atomic E-state index is 0.365. The van der Waals surface area contributed by atoms with Crippen LogP contribution in [0.15, 0.2) is 0 Å². The van der Waals surface area contributed by atoms with Crippen LogP contribution in [0.3, 0.4) is 0 Å². The molecule has 0 bridgehead atoms. The zero-order valence-corrected chi connectivity index (χ0v) is 9.35. The summed E-state index contributed by atoms with van der Waals surface area (Å²) in [5, 5.41) is 0. The van der Waals surface area contributed by atoms with Crippen LogP contribution in [0.2, 0.25) is 0 Å². The van der Waals surface area contributed by atoms with Gasteiger partial charge in [-0.15, -0.1) is 0 Å². The third kappa shape index (κ3) is 2.16. The highest BCUT2D eigenvalue weighted by molar-refractivity contribution is 4.94. The summed E-state index contributed by atoms with van der Waals surface area (Å²) in [5.74, 6) is 1.04. The fourth-order valence-corrected chi connectivity index (χ4v) is 3.47. The third-order valence-corrected chi connectivity index (χ3v) is 4.46. The standard InChI is InChI=1S/C12H19F3/c1-7(2)8-3-9-5-11(12(13,14)15)6-10(9)4-8/h7-11H,3-6H2,1-2H3. The summed E-state index contributed by atoms with van der Waals surface area (Å²) in [5.41, 5.74) is 0. The lowest BCUT2D eigenvalue weighted by Gasteiger charge is -2.19. The second-order valence-electron chi connectivity index (χ2n) is 5.71. The van der Waals surface area contributed by atoms with Crippen molar-refractivity contribution in [3.05, 3.63) is 0 Å². The lowest BCUT2D eigenvalue weighted by atomic mass is 9.90. The Labute approximate surface area is 89.2 Å². The molecule has 0 aromatic rings. The first-order chi connectivity index (χ1) is 6.88. The van der Waals surface area contributed by atoms with E-state index in [0.29, 0.717) is 36.5 Å². The van der Waals surface area contributed by atoms with Crippen molar-refractivity contribution in [3.63, 3.8) is 0 Å². The molecule has 0 radical (unpaired) electrons. The van der Waals surface area contributed by atoms with E-state index < -0.39 is 12.1 Å². The lowest BCUT2D eigenvalue weighted by molar-refractivity contribution is -0.174. The van der Waals surface area contributed by atoms with E-state index in [2.05, 4.69) is 13.8 Å². The maximum absolute atomic E-state index is 12.5. The average Bonchev–Trinajstić information content (AvgIpc) is 2.55. The van der Waals surface area contributed by atoms with Crippen molar-refractivity contribution in [2.24, 2.45) is 29.6 Å². The van der Waals surface area contributed by atoms with Gasteiger partial charge in [0, 0.05) is 0 Å². The first kappa shape index (κ1) is 11.3. The van der Waals surface area contributed by atoms with E-state index >= 15 is 0 Å². The molecule has 0 nitrogen and oxygen atoms in total. The van der Waals surface area contributed by atoms with Gasteiger partial charge >= 0.3 is 6.18 Å². The van der Waals surface area contributed by atoms with E-state index in [9.17, 15) is 13.2 Å². The topological polar surface area (TPSA) is 0 Å². The van der Waals surface area contributed by atoms with E-state index in [1.165, 1.54) is 0 Å². The molecule has 0 amide bonds. The van der Waals surface area contributed by atoms with Gasteiger partial charge in [0.2, 0.25) is 0 Å². The molecule has 0 aromatic carbocycles. The third-order valence-electron chi connectivity index (χ3n) is 4.46. The molecule has 2 aliphatic rings. The van der Waals surface area contributed by atoms with Gasteiger partial charge in [-0.05, 0) is 49.4 Å². The zero-order valence-electron chi connectivity index (χ0n) is 9.35. The minimum Gasteiger partial charge on any atom is -0.171 e. The molecule has 2 rings (SSSR count). The van der Waals surface area contributed by atoms with Crippen molar-refractivity contribution in [1.82, 2.24) is 0 Å². The van der Waals surface area contributed by atoms with Crippen LogP contribution < -0.4 is 0 Å². The smallest absolute Gasteiger partial charge is 0.171 e. The Morgan fingerprint density at radius 2 is 1.40 bits per heavy atom. The molecule has 2 aliphatic carbocycles. The number of alkyl halides is 3. The van der Waals surface area contributed by atoms with Gasteiger partial charge < -0.3 is 0 Å². The fourth-order valence-electron chi connectivity index (χ4n) is 3.47. The SMILES string of the molecule is CC(C)C1CC2CC(C(F)(F)F)CC2C1. The second-order valence-corrected chi connectivity index (χ2v) is 5.71. The lowest BCUT2D eigenvalue weighted by Crippen LogP contribution is -2.21. The monoisotopic (exact) mass is 220 g/mol.